The molecule has 0 saturated heterocycles. The fourth-order valence-electron chi connectivity index (χ4n) is 3.50. The molecule has 0 bridgehead atoms. The summed E-state index contributed by atoms with van der Waals surface area (Å²) < 4.78 is 3.93. The fourth-order valence-corrected chi connectivity index (χ4v) is 11.1. The van der Waals surface area contributed by atoms with Gasteiger partial charge < -0.3 is 0 Å². The summed E-state index contributed by atoms with van der Waals surface area (Å²) in [5.41, 5.74) is 2.26. The van der Waals surface area contributed by atoms with Crippen molar-refractivity contribution in [2.75, 3.05) is 0 Å². The zero-order valence-electron chi connectivity index (χ0n) is 13.7. The van der Waals surface area contributed by atoms with Gasteiger partial charge in [0.05, 0.1) is 0 Å². The van der Waals surface area contributed by atoms with Crippen molar-refractivity contribution < 1.29 is 5.11 Å². The van der Waals surface area contributed by atoms with Crippen molar-refractivity contribution in [3.63, 3.8) is 0 Å². The summed E-state index contributed by atoms with van der Waals surface area (Å²) in [6.45, 7) is 9.02. The standard InChI is InChI=1S/C19H15BrINOSeSi/c1-10-4-6-14-18(17(10)15-9-12(20)19(21)24-15)25(2,3)16-8-11(23)5-7-13(16)22-14/h4-9,23H,1H2,2-3H3. The molecule has 25 heavy (non-hydrogen) atoms. The molecule has 0 saturated carbocycles. The Labute approximate surface area is 175 Å². The van der Waals surface area contributed by atoms with Crippen LogP contribution in [0.5, 0.6) is 5.75 Å². The van der Waals surface area contributed by atoms with Gasteiger partial charge in [-0.1, -0.05) is 0 Å². The molecule has 2 aromatic carbocycles. The van der Waals surface area contributed by atoms with Crippen LogP contribution in [0.2, 0.25) is 13.1 Å². The van der Waals surface area contributed by atoms with Crippen LogP contribution in [0.3, 0.4) is 0 Å². The number of phenolic OH excluding ortho intramolecular Hbond substituents is 1. The predicted molar refractivity (Wildman–Crippen MR) is 120 cm³/mol. The second-order valence-electron chi connectivity index (χ2n) is 6.66. The third-order valence-electron chi connectivity index (χ3n) is 4.68. The number of benzene rings is 2. The molecule has 2 heterocycles. The van der Waals surface area contributed by atoms with Gasteiger partial charge in [-0.2, -0.15) is 0 Å². The molecule has 2 nitrogen and oxygen atoms in total. The number of halogens is 2. The van der Waals surface area contributed by atoms with Crippen LogP contribution in [0, 0.1) is 2.44 Å². The number of hydrogen-bond acceptors (Lipinski definition) is 2. The summed E-state index contributed by atoms with van der Waals surface area (Å²) in [5, 5.41) is 14.7. The Morgan fingerprint density at radius 2 is 1.96 bits per heavy atom. The second kappa shape index (κ2) is 6.20. The summed E-state index contributed by atoms with van der Waals surface area (Å²) in [7, 11) is -2.01. The molecule has 0 atom stereocenters. The van der Waals surface area contributed by atoms with E-state index in [0.29, 0.717) is 20.3 Å². The van der Waals surface area contributed by atoms with Crippen molar-refractivity contribution in [1.29, 1.82) is 0 Å². The normalized spacial score (nSPS) is 14.6. The van der Waals surface area contributed by atoms with E-state index in [9.17, 15) is 5.11 Å². The van der Waals surface area contributed by atoms with Crippen molar-refractivity contribution in [2.24, 2.45) is 4.99 Å². The topological polar surface area (TPSA) is 32.6 Å². The Morgan fingerprint density at radius 3 is 2.64 bits per heavy atom. The minimum absolute atomic E-state index is 0.296. The number of rotatable bonds is 1. The molecule has 1 aliphatic rings. The average molecular weight is 587 g/mol. The van der Waals surface area contributed by atoms with E-state index in [0.717, 1.165) is 16.3 Å². The Morgan fingerprint density at radius 1 is 1.20 bits per heavy atom. The van der Waals surface area contributed by atoms with Crippen molar-refractivity contribution in [2.45, 2.75) is 13.1 Å². The number of phenols is 1. The van der Waals surface area contributed by atoms with E-state index >= 15 is 0 Å². The molecule has 0 spiro atoms. The first-order valence-corrected chi connectivity index (χ1v) is 14.4. The predicted octanol–water partition coefficient (Wildman–Crippen LogP) is 2.98. The summed E-state index contributed by atoms with van der Waals surface area (Å²) in [4.78, 5) is 4.91. The number of hydrogen-bond donors (Lipinski definition) is 1. The van der Waals surface area contributed by atoms with Crippen LogP contribution in [-0.2, 0) is 0 Å². The molecule has 1 aromatic heterocycles. The zero-order valence-corrected chi connectivity index (χ0v) is 20.2. The van der Waals surface area contributed by atoms with Crippen LogP contribution in [-0.4, -0.2) is 27.7 Å². The molecule has 0 radical (unpaired) electrons. The van der Waals surface area contributed by atoms with Crippen LogP contribution in [0.1, 0.15) is 0 Å². The summed E-state index contributed by atoms with van der Waals surface area (Å²) in [6, 6.07) is 12.0. The Bertz CT molecular complexity index is 1120. The molecule has 126 valence electrons. The van der Waals surface area contributed by atoms with Crippen LogP contribution in [0.25, 0.3) is 16.6 Å². The molecule has 1 N–H and O–H groups in total. The van der Waals surface area contributed by atoms with E-state index in [4.69, 9.17) is 4.99 Å². The number of aromatic hydroxyl groups is 1. The van der Waals surface area contributed by atoms with E-state index in [2.05, 4.69) is 76.4 Å². The SMILES string of the molecule is C=c1ccc2c(c1-c1cc(Br)c(I)[se]1)[Si](C)(C)c1cc(O)ccc1N=2. The van der Waals surface area contributed by atoms with Crippen LogP contribution >= 0.6 is 38.5 Å². The van der Waals surface area contributed by atoms with Crippen LogP contribution < -0.4 is 20.9 Å². The minimum atomic E-state index is -2.01. The molecule has 0 unspecified atom stereocenters. The van der Waals surface area contributed by atoms with Crippen LogP contribution in [0.4, 0.5) is 5.69 Å². The fraction of sp³-hybridized carbons (Fsp3) is 0.105. The van der Waals surface area contributed by atoms with Gasteiger partial charge in [0.25, 0.3) is 0 Å². The molecule has 0 aliphatic carbocycles. The monoisotopic (exact) mass is 587 g/mol. The summed E-state index contributed by atoms with van der Waals surface area (Å²) in [5.74, 6) is 0.313. The van der Waals surface area contributed by atoms with Gasteiger partial charge in [-0.25, -0.2) is 0 Å². The maximum atomic E-state index is 10.0. The van der Waals surface area contributed by atoms with E-state index in [1.807, 2.05) is 12.1 Å². The van der Waals surface area contributed by atoms with Crippen molar-refractivity contribution in [3.8, 4) is 15.8 Å². The molecule has 4 rings (SSSR count). The van der Waals surface area contributed by atoms with Crippen molar-refractivity contribution in [3.05, 3.63) is 53.9 Å². The van der Waals surface area contributed by atoms with Gasteiger partial charge in [-0.05, 0) is 0 Å². The molecular formula is C19H15BrINOSeSi. The quantitative estimate of drug-likeness (QED) is 0.345. The molecule has 3 aromatic rings. The first-order chi connectivity index (χ1) is 11.8. The van der Waals surface area contributed by atoms with Crippen molar-refractivity contribution in [1.82, 2.24) is 0 Å². The maximum absolute atomic E-state index is 10.0. The van der Waals surface area contributed by atoms with Gasteiger partial charge in [0, 0.05) is 0 Å². The Balaban J connectivity index is 2.13. The molecule has 6 heteroatoms. The van der Waals surface area contributed by atoms with E-state index < -0.39 is 8.07 Å². The molecule has 0 amide bonds. The van der Waals surface area contributed by atoms with Gasteiger partial charge in [0.1, 0.15) is 0 Å². The van der Waals surface area contributed by atoms with E-state index in [-0.39, 0.29) is 0 Å². The Kier molecular flexibility index (Phi) is 4.40. The van der Waals surface area contributed by atoms with Gasteiger partial charge in [-0.15, -0.1) is 0 Å². The van der Waals surface area contributed by atoms with E-state index in [1.165, 1.54) is 27.3 Å². The van der Waals surface area contributed by atoms with Gasteiger partial charge in [0.15, 0.2) is 0 Å². The summed E-state index contributed by atoms with van der Waals surface area (Å²) >= 11 is 6.39. The average Bonchev–Trinajstić information content (AvgIpc) is 2.88. The van der Waals surface area contributed by atoms with E-state index in [1.54, 1.807) is 6.07 Å². The number of nitrogens with zero attached hydrogens (tertiary/aromatic N) is 1. The van der Waals surface area contributed by atoms with Gasteiger partial charge >= 0.3 is 177 Å². The number of fused-ring (bicyclic) bond motifs is 2. The molecular weight excluding hydrogens is 572 g/mol. The second-order valence-corrected chi connectivity index (χ2v) is 16.7. The van der Waals surface area contributed by atoms with Crippen LogP contribution in [0.15, 0.2) is 45.9 Å². The third kappa shape index (κ3) is 2.82. The van der Waals surface area contributed by atoms with Gasteiger partial charge in [0.2, 0.25) is 0 Å². The summed E-state index contributed by atoms with van der Waals surface area (Å²) in [6.07, 6.45) is 0. The molecule has 1 aliphatic heterocycles. The van der Waals surface area contributed by atoms with Crippen molar-refractivity contribution >= 4 is 83.7 Å². The molecule has 0 fully saturated rings. The Hall–Kier alpha value is -0.664. The third-order valence-corrected chi connectivity index (χ3v) is 13.8. The van der Waals surface area contributed by atoms with Gasteiger partial charge in [-0.3, -0.25) is 0 Å². The first kappa shape index (κ1) is 17.7. The first-order valence-electron chi connectivity index (χ1n) is 7.79. The zero-order chi connectivity index (χ0) is 17.9.